The van der Waals surface area contributed by atoms with E-state index in [4.69, 9.17) is 11.5 Å². The summed E-state index contributed by atoms with van der Waals surface area (Å²) in [6.45, 7) is -0.453. The van der Waals surface area contributed by atoms with E-state index in [1.807, 2.05) is 24.3 Å². The second-order valence-corrected chi connectivity index (χ2v) is 5.38. The van der Waals surface area contributed by atoms with Crippen molar-refractivity contribution in [2.75, 3.05) is 13.1 Å². The lowest BCUT2D eigenvalue weighted by Crippen LogP contribution is -2.35. The molecule has 0 saturated heterocycles. The Bertz CT molecular complexity index is 749. The Morgan fingerprint density at radius 2 is 1.86 bits per heavy atom. The molecule has 4 nitrogen and oxygen atoms in total. The molecular formula is C16H12BrNO3. The number of amides is 1. The van der Waals surface area contributed by atoms with Crippen LogP contribution in [0.2, 0.25) is 0 Å². The van der Waals surface area contributed by atoms with Gasteiger partial charge in [0.1, 0.15) is 6.54 Å². The van der Waals surface area contributed by atoms with Crippen molar-refractivity contribution in [2.24, 2.45) is 0 Å². The van der Waals surface area contributed by atoms with Crippen LogP contribution in [0.25, 0.3) is 10.8 Å². The highest BCUT2D eigenvalue weighted by molar-refractivity contribution is 9.10. The van der Waals surface area contributed by atoms with Crippen LogP contribution >= 0.6 is 15.9 Å². The summed E-state index contributed by atoms with van der Waals surface area (Å²) in [5, 5.41) is 10.7. The average Bonchev–Trinajstić information content (AvgIpc) is 2.45. The van der Waals surface area contributed by atoms with Crippen molar-refractivity contribution in [1.29, 1.82) is 0 Å². The van der Waals surface area contributed by atoms with Crippen LogP contribution in [0.3, 0.4) is 0 Å². The van der Waals surface area contributed by atoms with Crippen LogP contribution in [0.1, 0.15) is 10.4 Å². The predicted octanol–water partition coefficient (Wildman–Crippen LogP) is 2.76. The van der Waals surface area contributed by atoms with Gasteiger partial charge in [-0.2, -0.15) is 0 Å². The fourth-order valence-electron chi connectivity index (χ4n) is 2.01. The van der Waals surface area contributed by atoms with Crippen molar-refractivity contribution in [1.82, 2.24) is 4.90 Å². The first-order valence-electron chi connectivity index (χ1n) is 6.15. The lowest BCUT2D eigenvalue weighted by Gasteiger charge is -2.18. The van der Waals surface area contributed by atoms with E-state index in [-0.39, 0.29) is 12.5 Å². The number of aliphatic carboxylic acids is 1. The van der Waals surface area contributed by atoms with E-state index in [1.54, 1.807) is 12.1 Å². The van der Waals surface area contributed by atoms with E-state index in [0.29, 0.717) is 5.56 Å². The number of halogens is 1. The van der Waals surface area contributed by atoms with Crippen LogP contribution in [-0.4, -0.2) is 35.0 Å². The summed E-state index contributed by atoms with van der Waals surface area (Å²) in [5.74, 6) is 0.821. The molecule has 0 aromatic heterocycles. The summed E-state index contributed by atoms with van der Waals surface area (Å²) in [6.07, 6.45) is 5.19. The number of carboxylic acid groups (broad SMARTS) is 1. The van der Waals surface area contributed by atoms with Gasteiger partial charge in [0.05, 0.1) is 6.54 Å². The van der Waals surface area contributed by atoms with Crippen LogP contribution < -0.4 is 0 Å². The molecule has 5 heteroatoms. The average molecular weight is 346 g/mol. The van der Waals surface area contributed by atoms with Gasteiger partial charge in [-0.1, -0.05) is 34.0 Å². The maximum Gasteiger partial charge on any atom is 0.323 e. The van der Waals surface area contributed by atoms with Gasteiger partial charge in [-0.3, -0.25) is 9.59 Å². The quantitative estimate of drug-likeness (QED) is 0.866. The molecule has 2 aromatic carbocycles. The minimum Gasteiger partial charge on any atom is -0.480 e. The summed E-state index contributed by atoms with van der Waals surface area (Å²) < 4.78 is 0.953. The van der Waals surface area contributed by atoms with E-state index in [2.05, 4.69) is 21.9 Å². The summed E-state index contributed by atoms with van der Waals surface area (Å²) in [7, 11) is 0. The topological polar surface area (TPSA) is 57.6 Å². The highest BCUT2D eigenvalue weighted by atomic mass is 79.9. The normalized spacial score (nSPS) is 10.1. The van der Waals surface area contributed by atoms with Gasteiger partial charge in [-0.15, -0.1) is 6.42 Å². The molecule has 106 valence electrons. The third-order valence-electron chi connectivity index (χ3n) is 2.94. The Hall–Kier alpha value is -2.32. The first-order chi connectivity index (χ1) is 10.0. The highest BCUT2D eigenvalue weighted by Gasteiger charge is 2.17. The van der Waals surface area contributed by atoms with Gasteiger partial charge in [0, 0.05) is 10.0 Å². The summed E-state index contributed by atoms with van der Waals surface area (Å²) >= 11 is 3.39. The number of hydrogen-bond acceptors (Lipinski definition) is 2. The number of fused-ring (bicyclic) bond motifs is 1. The van der Waals surface area contributed by atoms with E-state index >= 15 is 0 Å². The number of carbonyl (C=O) groups excluding carboxylic acids is 1. The SMILES string of the molecule is C#CCN(CC(=O)O)C(=O)c1ccc2cc(Br)ccc2c1. The number of nitrogens with zero attached hydrogens (tertiary/aromatic N) is 1. The molecule has 0 heterocycles. The fraction of sp³-hybridized carbons (Fsp3) is 0.125. The van der Waals surface area contributed by atoms with Crippen LogP contribution in [0.5, 0.6) is 0 Å². The summed E-state index contributed by atoms with van der Waals surface area (Å²) in [4.78, 5) is 24.3. The van der Waals surface area contributed by atoms with Gasteiger partial charge in [0.2, 0.25) is 0 Å². The second-order valence-electron chi connectivity index (χ2n) is 4.47. The van der Waals surface area contributed by atoms with Crippen molar-refractivity contribution < 1.29 is 14.7 Å². The lowest BCUT2D eigenvalue weighted by molar-refractivity contribution is -0.137. The first-order valence-corrected chi connectivity index (χ1v) is 6.94. The molecule has 0 spiro atoms. The van der Waals surface area contributed by atoms with Crippen molar-refractivity contribution in [3.63, 3.8) is 0 Å². The standard InChI is InChI=1S/C16H12BrNO3/c1-2-7-18(10-15(19)20)16(21)13-4-3-12-9-14(17)6-5-11(12)8-13/h1,3-6,8-9H,7,10H2,(H,19,20). The number of benzene rings is 2. The zero-order valence-electron chi connectivity index (χ0n) is 11.0. The van der Waals surface area contributed by atoms with Gasteiger partial charge in [0.15, 0.2) is 0 Å². The third-order valence-corrected chi connectivity index (χ3v) is 3.44. The van der Waals surface area contributed by atoms with Crippen LogP contribution in [0.15, 0.2) is 40.9 Å². The zero-order valence-corrected chi connectivity index (χ0v) is 12.6. The number of rotatable bonds is 4. The molecule has 0 aliphatic heterocycles. The van der Waals surface area contributed by atoms with Gasteiger partial charge < -0.3 is 10.0 Å². The molecule has 0 radical (unpaired) electrons. The van der Waals surface area contributed by atoms with Gasteiger partial charge in [0.25, 0.3) is 5.91 Å². The zero-order chi connectivity index (χ0) is 15.4. The summed E-state index contributed by atoms with van der Waals surface area (Å²) in [5.41, 5.74) is 0.418. The van der Waals surface area contributed by atoms with Gasteiger partial charge in [-0.25, -0.2) is 0 Å². The van der Waals surface area contributed by atoms with E-state index in [9.17, 15) is 9.59 Å². The molecule has 2 aromatic rings. The fourth-order valence-corrected chi connectivity index (χ4v) is 2.38. The largest absolute Gasteiger partial charge is 0.480 e. The molecule has 0 bridgehead atoms. The molecule has 0 unspecified atom stereocenters. The van der Waals surface area contributed by atoms with Crippen molar-refractivity contribution in [2.45, 2.75) is 0 Å². The van der Waals surface area contributed by atoms with Crippen LogP contribution in [-0.2, 0) is 4.79 Å². The Morgan fingerprint density at radius 3 is 2.52 bits per heavy atom. The molecule has 1 N–H and O–H groups in total. The second kappa shape index (κ2) is 6.42. The molecule has 0 aliphatic rings. The molecule has 0 fully saturated rings. The highest BCUT2D eigenvalue weighted by Crippen LogP contribution is 2.21. The first kappa shape index (κ1) is 15.1. The lowest BCUT2D eigenvalue weighted by atomic mass is 10.1. The minimum atomic E-state index is -1.09. The molecule has 0 atom stereocenters. The Morgan fingerprint density at radius 1 is 1.19 bits per heavy atom. The number of terminal acetylenes is 1. The molecule has 1 amide bonds. The maximum absolute atomic E-state index is 12.3. The smallest absolute Gasteiger partial charge is 0.323 e. The Labute approximate surface area is 130 Å². The van der Waals surface area contributed by atoms with Crippen LogP contribution in [0.4, 0.5) is 0 Å². The van der Waals surface area contributed by atoms with Gasteiger partial charge >= 0.3 is 5.97 Å². The van der Waals surface area contributed by atoms with Crippen molar-refractivity contribution in [3.05, 3.63) is 46.4 Å². The van der Waals surface area contributed by atoms with Crippen molar-refractivity contribution in [3.8, 4) is 12.3 Å². The molecule has 21 heavy (non-hydrogen) atoms. The molecular weight excluding hydrogens is 334 g/mol. The Kier molecular flexibility index (Phi) is 4.61. The summed E-state index contributed by atoms with van der Waals surface area (Å²) in [6, 6.07) is 10.9. The van der Waals surface area contributed by atoms with Gasteiger partial charge in [-0.05, 0) is 35.0 Å². The number of hydrogen-bond donors (Lipinski definition) is 1. The Balaban J connectivity index is 2.35. The molecule has 0 saturated carbocycles. The maximum atomic E-state index is 12.3. The number of carbonyl (C=O) groups is 2. The third kappa shape index (κ3) is 3.61. The predicted molar refractivity (Wildman–Crippen MR) is 84.0 cm³/mol. The molecule has 0 aliphatic carbocycles. The van der Waals surface area contributed by atoms with Crippen molar-refractivity contribution >= 4 is 38.6 Å². The number of carboxylic acids is 1. The van der Waals surface area contributed by atoms with E-state index in [1.165, 1.54) is 0 Å². The van der Waals surface area contributed by atoms with E-state index in [0.717, 1.165) is 20.1 Å². The monoisotopic (exact) mass is 345 g/mol. The van der Waals surface area contributed by atoms with Crippen LogP contribution in [0, 0.1) is 12.3 Å². The van der Waals surface area contributed by atoms with E-state index < -0.39 is 12.5 Å². The minimum absolute atomic E-state index is 0.0382. The molecule has 2 rings (SSSR count).